The molecular formula is C14H18N4O. The normalized spacial score (nSPS) is 10.3. The van der Waals surface area contributed by atoms with Crippen molar-refractivity contribution in [2.45, 2.75) is 19.4 Å². The first kappa shape index (κ1) is 13.1. The summed E-state index contributed by atoms with van der Waals surface area (Å²) >= 11 is 0. The summed E-state index contributed by atoms with van der Waals surface area (Å²) in [5, 5.41) is 2.89. The van der Waals surface area contributed by atoms with Crippen LogP contribution in [-0.4, -0.2) is 22.0 Å². The number of carbonyl (C=O) groups excluding carboxylic acids is 1. The van der Waals surface area contributed by atoms with Gasteiger partial charge >= 0.3 is 0 Å². The average Bonchev–Trinajstić information content (AvgIpc) is 2.91. The third kappa shape index (κ3) is 4.13. The minimum Gasteiger partial charge on any atom is -0.398 e. The molecule has 2 rings (SSSR count). The standard InChI is InChI=1S/C14H18N4O/c15-13-5-2-1-4-12(13)10-14(19)17-6-3-8-18-9-7-16-11-18/h1-2,4-5,7,9,11H,3,6,8,10,15H2,(H,17,19). The molecule has 19 heavy (non-hydrogen) atoms. The van der Waals surface area contributed by atoms with Crippen molar-refractivity contribution in [1.29, 1.82) is 0 Å². The fourth-order valence-corrected chi connectivity index (χ4v) is 1.84. The Hall–Kier alpha value is -2.30. The monoisotopic (exact) mass is 258 g/mol. The Kier molecular flexibility index (Phi) is 4.55. The lowest BCUT2D eigenvalue weighted by Gasteiger charge is -2.07. The van der Waals surface area contributed by atoms with Crippen molar-refractivity contribution in [3.63, 3.8) is 0 Å². The second-order valence-corrected chi connectivity index (χ2v) is 4.38. The first-order valence-electron chi connectivity index (χ1n) is 6.31. The zero-order valence-electron chi connectivity index (χ0n) is 10.7. The highest BCUT2D eigenvalue weighted by Gasteiger charge is 2.05. The Morgan fingerprint density at radius 2 is 2.21 bits per heavy atom. The number of aromatic nitrogens is 2. The number of hydrogen-bond acceptors (Lipinski definition) is 3. The van der Waals surface area contributed by atoms with E-state index in [4.69, 9.17) is 5.73 Å². The van der Waals surface area contributed by atoms with Gasteiger partial charge in [0.05, 0.1) is 12.7 Å². The molecule has 0 aliphatic heterocycles. The predicted octanol–water partition coefficient (Wildman–Crippen LogP) is 1.21. The van der Waals surface area contributed by atoms with Crippen molar-refractivity contribution < 1.29 is 4.79 Å². The van der Waals surface area contributed by atoms with Crippen LogP contribution in [0.2, 0.25) is 0 Å². The summed E-state index contributed by atoms with van der Waals surface area (Å²) in [6, 6.07) is 7.43. The van der Waals surface area contributed by atoms with E-state index in [9.17, 15) is 4.79 Å². The molecular weight excluding hydrogens is 240 g/mol. The third-order valence-electron chi connectivity index (χ3n) is 2.88. The third-order valence-corrected chi connectivity index (χ3v) is 2.88. The molecule has 5 heteroatoms. The zero-order valence-corrected chi connectivity index (χ0v) is 10.7. The van der Waals surface area contributed by atoms with Gasteiger partial charge in [0.25, 0.3) is 0 Å². The Balaban J connectivity index is 1.69. The first-order chi connectivity index (χ1) is 9.25. The van der Waals surface area contributed by atoms with Gasteiger partial charge in [0.2, 0.25) is 5.91 Å². The van der Waals surface area contributed by atoms with Gasteiger partial charge < -0.3 is 15.6 Å². The van der Waals surface area contributed by atoms with Crippen molar-refractivity contribution in [3.05, 3.63) is 48.5 Å². The molecule has 0 saturated heterocycles. The molecule has 0 aliphatic carbocycles. The van der Waals surface area contributed by atoms with Crippen LogP contribution in [0.5, 0.6) is 0 Å². The Labute approximate surface area is 112 Å². The van der Waals surface area contributed by atoms with Crippen LogP contribution in [0.4, 0.5) is 5.69 Å². The molecule has 1 amide bonds. The number of imidazole rings is 1. The number of amides is 1. The summed E-state index contributed by atoms with van der Waals surface area (Å²) in [7, 11) is 0. The van der Waals surface area contributed by atoms with Gasteiger partial charge in [0.15, 0.2) is 0 Å². The molecule has 0 radical (unpaired) electrons. The van der Waals surface area contributed by atoms with E-state index in [2.05, 4.69) is 10.3 Å². The van der Waals surface area contributed by atoms with Crippen LogP contribution in [0.1, 0.15) is 12.0 Å². The van der Waals surface area contributed by atoms with Crippen molar-refractivity contribution >= 4 is 11.6 Å². The van der Waals surface area contributed by atoms with E-state index < -0.39 is 0 Å². The van der Waals surface area contributed by atoms with Crippen LogP contribution >= 0.6 is 0 Å². The van der Waals surface area contributed by atoms with E-state index in [1.165, 1.54) is 0 Å². The second kappa shape index (κ2) is 6.58. The van der Waals surface area contributed by atoms with E-state index in [1.807, 2.05) is 35.0 Å². The Morgan fingerprint density at radius 1 is 1.37 bits per heavy atom. The highest BCUT2D eigenvalue weighted by Crippen LogP contribution is 2.10. The number of nitrogen functional groups attached to an aromatic ring is 1. The van der Waals surface area contributed by atoms with Gasteiger partial charge in [0.1, 0.15) is 0 Å². The van der Waals surface area contributed by atoms with E-state index >= 15 is 0 Å². The van der Waals surface area contributed by atoms with Crippen LogP contribution < -0.4 is 11.1 Å². The molecule has 0 spiro atoms. The molecule has 3 N–H and O–H groups in total. The van der Waals surface area contributed by atoms with Gasteiger partial charge in [-0.15, -0.1) is 0 Å². The van der Waals surface area contributed by atoms with Crippen LogP contribution in [0, 0.1) is 0 Å². The molecule has 1 heterocycles. The topological polar surface area (TPSA) is 72.9 Å². The maximum Gasteiger partial charge on any atom is 0.224 e. The molecule has 1 aromatic heterocycles. The highest BCUT2D eigenvalue weighted by atomic mass is 16.1. The average molecular weight is 258 g/mol. The van der Waals surface area contributed by atoms with Crippen molar-refractivity contribution in [2.75, 3.05) is 12.3 Å². The molecule has 1 aromatic carbocycles. The minimum atomic E-state index is 0.00327. The molecule has 100 valence electrons. The molecule has 0 atom stereocenters. The van der Waals surface area contributed by atoms with E-state index in [0.29, 0.717) is 18.7 Å². The van der Waals surface area contributed by atoms with Crippen molar-refractivity contribution in [1.82, 2.24) is 14.9 Å². The number of anilines is 1. The van der Waals surface area contributed by atoms with Crippen LogP contribution in [0.3, 0.4) is 0 Å². The lowest BCUT2D eigenvalue weighted by atomic mass is 10.1. The summed E-state index contributed by atoms with van der Waals surface area (Å²) in [6.45, 7) is 1.51. The number of nitrogens with two attached hydrogens (primary N) is 1. The highest BCUT2D eigenvalue weighted by molar-refractivity contribution is 5.80. The quantitative estimate of drug-likeness (QED) is 0.604. The maximum absolute atomic E-state index is 11.7. The number of carbonyl (C=O) groups is 1. The minimum absolute atomic E-state index is 0.00327. The number of hydrogen-bond donors (Lipinski definition) is 2. The lowest BCUT2D eigenvalue weighted by molar-refractivity contribution is -0.120. The van der Waals surface area contributed by atoms with Gasteiger partial charge in [-0.2, -0.15) is 0 Å². The first-order valence-corrected chi connectivity index (χ1v) is 6.31. The SMILES string of the molecule is Nc1ccccc1CC(=O)NCCCn1ccnc1. The number of aryl methyl sites for hydroxylation is 1. The zero-order chi connectivity index (χ0) is 13.5. The summed E-state index contributed by atoms with van der Waals surface area (Å²) < 4.78 is 1.99. The second-order valence-electron chi connectivity index (χ2n) is 4.38. The van der Waals surface area contributed by atoms with Gasteiger partial charge in [-0.1, -0.05) is 18.2 Å². The molecule has 2 aromatic rings. The van der Waals surface area contributed by atoms with Gasteiger partial charge in [-0.05, 0) is 18.1 Å². The fourth-order valence-electron chi connectivity index (χ4n) is 1.84. The molecule has 0 unspecified atom stereocenters. The van der Waals surface area contributed by atoms with Crippen LogP contribution in [0.15, 0.2) is 43.0 Å². The molecule has 5 nitrogen and oxygen atoms in total. The number of para-hydroxylation sites is 1. The molecule has 0 fully saturated rings. The van der Waals surface area contributed by atoms with E-state index in [1.54, 1.807) is 12.5 Å². The van der Waals surface area contributed by atoms with Crippen LogP contribution in [0.25, 0.3) is 0 Å². The number of rotatable bonds is 6. The van der Waals surface area contributed by atoms with E-state index in [-0.39, 0.29) is 5.91 Å². The number of nitrogens with one attached hydrogen (secondary N) is 1. The summed E-state index contributed by atoms with van der Waals surface area (Å²) in [4.78, 5) is 15.7. The summed E-state index contributed by atoms with van der Waals surface area (Å²) in [5.41, 5.74) is 7.33. The maximum atomic E-state index is 11.7. The Morgan fingerprint density at radius 3 is 2.95 bits per heavy atom. The number of nitrogens with zero attached hydrogens (tertiary/aromatic N) is 2. The van der Waals surface area contributed by atoms with Gasteiger partial charge in [-0.25, -0.2) is 4.98 Å². The Bertz CT molecular complexity index is 522. The van der Waals surface area contributed by atoms with Crippen molar-refractivity contribution in [2.24, 2.45) is 0 Å². The number of benzene rings is 1. The summed E-state index contributed by atoms with van der Waals surface area (Å²) in [6.07, 6.45) is 6.64. The van der Waals surface area contributed by atoms with E-state index in [0.717, 1.165) is 18.5 Å². The van der Waals surface area contributed by atoms with Crippen molar-refractivity contribution in [3.8, 4) is 0 Å². The fraction of sp³-hybridized carbons (Fsp3) is 0.286. The van der Waals surface area contributed by atoms with Gasteiger partial charge in [0, 0.05) is 31.2 Å². The molecule has 0 saturated carbocycles. The molecule has 0 bridgehead atoms. The van der Waals surface area contributed by atoms with Gasteiger partial charge in [-0.3, -0.25) is 4.79 Å². The molecule has 0 aliphatic rings. The summed E-state index contributed by atoms with van der Waals surface area (Å²) in [5.74, 6) is 0.00327. The smallest absolute Gasteiger partial charge is 0.224 e. The van der Waals surface area contributed by atoms with Crippen LogP contribution in [-0.2, 0) is 17.8 Å². The predicted molar refractivity (Wildman–Crippen MR) is 74.4 cm³/mol. The lowest BCUT2D eigenvalue weighted by Crippen LogP contribution is -2.27. The largest absolute Gasteiger partial charge is 0.398 e.